The topological polar surface area (TPSA) is 680 Å². The number of rotatable bonds is 52. The molecule has 0 fully saturated rings. The Labute approximate surface area is 641 Å². The third-order valence-corrected chi connectivity index (χ3v) is 16.8. The fourth-order valence-electron chi connectivity index (χ4n) is 10.7. The van der Waals surface area contributed by atoms with Gasteiger partial charge in [-0.05, 0) is 122 Å². The number of carbonyl (C=O) groups excluding carboxylic acids is 16. The number of nitrogens with one attached hydrogen (secondary N) is 14. The average molecular weight is 1570 g/mol. The average Bonchev–Trinajstić information content (AvgIpc) is 0.863. The third kappa shape index (κ3) is 40.1. The molecule has 0 rings (SSSR count). The molecule has 41 nitrogen and oxygen atoms in total. The van der Waals surface area contributed by atoms with Gasteiger partial charge >= 0.3 is 5.97 Å². The number of carboxylic acids is 1. The van der Waals surface area contributed by atoms with Gasteiger partial charge in [-0.3, -0.25) is 91.5 Å². The molecule has 0 heterocycles. The quantitative estimate of drug-likeness (QED) is 0.0153. The molecule has 28 N–H and O–H groups in total. The normalized spacial score (nSPS) is 15.5. The van der Waals surface area contributed by atoms with E-state index in [1.165, 1.54) is 34.6 Å². The predicted molar refractivity (Wildman–Crippen MR) is 404 cm³/mol. The Balaban J connectivity index is 6.72. The van der Waals surface area contributed by atoms with E-state index in [9.17, 15) is 91.7 Å². The summed E-state index contributed by atoms with van der Waals surface area (Å²) in [6, 6.07) is -20.0. The number of aliphatic hydroxyl groups is 1. The second kappa shape index (κ2) is 50.2. The SMILES string of the molecule is CCC(C)C(NC(=O)C(CCCN=C(N)N)NC(=O)C(CCCN=C(N)N)NC(=O)C(CC(C)C)NC(=O)C(C)NC(=O)C(C)NC(=O)C(CC(C)C)NC(=O)C(CC(C)C)NC(=O)C(C)NC(=O)C(CC(=O)O)NC(=O)C(CC(C)C)NC(=O)C(NC(=O)C(C)NC(C)=O)C(C)O)C(=O)NC(CCC(N)=O)C(N)=O. The summed E-state index contributed by atoms with van der Waals surface area (Å²) in [6.45, 7) is 24.6. The van der Waals surface area contributed by atoms with Crippen molar-refractivity contribution in [2.45, 2.75) is 279 Å². The van der Waals surface area contributed by atoms with Crippen LogP contribution in [-0.4, -0.2) is 226 Å². The number of hydrogen-bond acceptors (Lipinski definition) is 20. The van der Waals surface area contributed by atoms with Crippen molar-refractivity contribution in [3.05, 3.63) is 0 Å². The Morgan fingerprint density at radius 2 is 0.618 bits per heavy atom. The number of carbonyl (C=O) groups is 17. The number of amides is 16. The van der Waals surface area contributed by atoms with Crippen LogP contribution >= 0.6 is 0 Å². The molecular weight excluding hydrogens is 1440 g/mol. The second-order valence-corrected chi connectivity index (χ2v) is 29.1. The van der Waals surface area contributed by atoms with Crippen molar-refractivity contribution in [3.8, 4) is 0 Å². The van der Waals surface area contributed by atoms with Crippen LogP contribution in [0.4, 0.5) is 0 Å². The molecule has 0 aliphatic carbocycles. The van der Waals surface area contributed by atoms with E-state index in [4.69, 9.17) is 34.4 Å². The fraction of sp³-hybridized carbons (Fsp3) is 0.725. The van der Waals surface area contributed by atoms with Crippen molar-refractivity contribution < 1.29 is 91.7 Å². The Morgan fingerprint density at radius 1 is 0.336 bits per heavy atom. The van der Waals surface area contributed by atoms with Gasteiger partial charge in [0.1, 0.15) is 84.6 Å². The fourth-order valence-corrected chi connectivity index (χ4v) is 10.7. The maximum absolute atomic E-state index is 14.5. The first-order chi connectivity index (χ1) is 51.0. The van der Waals surface area contributed by atoms with Crippen LogP contribution in [0.15, 0.2) is 9.98 Å². The summed E-state index contributed by atoms with van der Waals surface area (Å²) in [5.41, 5.74) is 32.9. The highest BCUT2D eigenvalue weighted by atomic mass is 16.4. The molecule has 0 bridgehead atoms. The van der Waals surface area contributed by atoms with Crippen molar-refractivity contribution in [2.75, 3.05) is 13.1 Å². The number of nitrogens with zero attached hydrogens (tertiary/aromatic N) is 2. The third-order valence-electron chi connectivity index (χ3n) is 16.8. The van der Waals surface area contributed by atoms with Crippen LogP contribution < -0.4 is 109 Å². The molecule has 16 unspecified atom stereocenters. The first-order valence-corrected chi connectivity index (χ1v) is 36.8. The summed E-state index contributed by atoms with van der Waals surface area (Å²) in [4.78, 5) is 236. The van der Waals surface area contributed by atoms with Gasteiger partial charge in [0.05, 0.1) is 12.5 Å². The summed E-state index contributed by atoms with van der Waals surface area (Å²) in [6.07, 6.45) is -2.98. The number of aliphatic hydroxyl groups excluding tert-OH is 1. The number of aliphatic imine (C=N–C) groups is 2. The smallest absolute Gasteiger partial charge is 0.305 e. The van der Waals surface area contributed by atoms with Crippen LogP contribution in [0.25, 0.3) is 0 Å². The molecule has 16 amide bonds. The van der Waals surface area contributed by atoms with E-state index in [2.05, 4.69) is 84.4 Å². The summed E-state index contributed by atoms with van der Waals surface area (Å²) in [5.74, 6) is -18.2. The first kappa shape index (κ1) is 99.5. The van der Waals surface area contributed by atoms with E-state index in [0.29, 0.717) is 6.42 Å². The van der Waals surface area contributed by atoms with Gasteiger partial charge in [-0.1, -0.05) is 75.7 Å². The zero-order chi connectivity index (χ0) is 84.7. The van der Waals surface area contributed by atoms with Gasteiger partial charge < -0.3 is 119 Å². The number of carboxylic acid groups (broad SMARTS) is 1. The van der Waals surface area contributed by atoms with Crippen molar-refractivity contribution >= 4 is 112 Å². The lowest BCUT2D eigenvalue weighted by Gasteiger charge is -2.29. The number of aliphatic carboxylic acids is 1. The van der Waals surface area contributed by atoms with E-state index < -0.39 is 204 Å². The second-order valence-electron chi connectivity index (χ2n) is 29.1. The van der Waals surface area contributed by atoms with Crippen molar-refractivity contribution in [2.24, 2.45) is 74.0 Å². The van der Waals surface area contributed by atoms with Crippen LogP contribution in [0.1, 0.15) is 188 Å². The Bertz CT molecular complexity index is 3210. The molecule has 0 aromatic rings. The van der Waals surface area contributed by atoms with Crippen LogP contribution in [0.2, 0.25) is 0 Å². The van der Waals surface area contributed by atoms with Crippen LogP contribution in [-0.2, 0) is 81.5 Å². The molecule has 0 aliphatic rings. The predicted octanol–water partition coefficient (Wildman–Crippen LogP) is -6.18. The highest BCUT2D eigenvalue weighted by molar-refractivity contribution is 6.01. The van der Waals surface area contributed by atoms with Gasteiger partial charge in [-0.2, -0.15) is 0 Å². The summed E-state index contributed by atoms with van der Waals surface area (Å²) in [5, 5.41) is 55.1. The summed E-state index contributed by atoms with van der Waals surface area (Å²) in [7, 11) is 0. The highest BCUT2D eigenvalue weighted by Crippen LogP contribution is 2.16. The largest absolute Gasteiger partial charge is 0.481 e. The molecule has 0 aliphatic heterocycles. The minimum Gasteiger partial charge on any atom is -0.481 e. The van der Waals surface area contributed by atoms with E-state index in [0.717, 1.165) is 6.92 Å². The van der Waals surface area contributed by atoms with E-state index in [-0.39, 0.29) is 113 Å². The molecule has 0 aromatic heterocycles. The van der Waals surface area contributed by atoms with Gasteiger partial charge in [0.2, 0.25) is 94.5 Å². The van der Waals surface area contributed by atoms with Gasteiger partial charge in [0, 0.05) is 26.4 Å². The van der Waals surface area contributed by atoms with Crippen LogP contribution in [0.3, 0.4) is 0 Å². The molecule has 624 valence electrons. The maximum atomic E-state index is 14.5. The van der Waals surface area contributed by atoms with Gasteiger partial charge in [0.15, 0.2) is 11.9 Å². The van der Waals surface area contributed by atoms with Gasteiger partial charge in [-0.15, -0.1) is 0 Å². The molecule has 0 aromatic carbocycles. The number of hydrogen-bond donors (Lipinski definition) is 22. The van der Waals surface area contributed by atoms with Crippen LogP contribution in [0, 0.1) is 29.6 Å². The monoisotopic (exact) mass is 1560 g/mol. The number of nitrogens with two attached hydrogens (primary N) is 6. The zero-order valence-electron chi connectivity index (χ0n) is 66.1. The molecule has 0 saturated heterocycles. The molecule has 0 spiro atoms. The Hall–Kier alpha value is -10.5. The lowest BCUT2D eigenvalue weighted by molar-refractivity contribution is -0.142. The molecule has 16 atom stereocenters. The molecule has 0 saturated carbocycles. The Morgan fingerprint density at radius 3 is 0.964 bits per heavy atom. The number of guanidine groups is 2. The van der Waals surface area contributed by atoms with Crippen molar-refractivity contribution in [3.63, 3.8) is 0 Å². The summed E-state index contributed by atoms with van der Waals surface area (Å²) >= 11 is 0. The lowest BCUT2D eigenvalue weighted by atomic mass is 9.96. The highest BCUT2D eigenvalue weighted by Gasteiger charge is 2.39. The molecule has 0 radical (unpaired) electrons. The molecule has 41 heteroatoms. The summed E-state index contributed by atoms with van der Waals surface area (Å²) < 4.78 is 0. The van der Waals surface area contributed by atoms with Crippen molar-refractivity contribution in [1.82, 2.24) is 74.4 Å². The van der Waals surface area contributed by atoms with Gasteiger partial charge in [0.25, 0.3) is 0 Å². The maximum Gasteiger partial charge on any atom is 0.305 e. The number of primary amides is 2. The molecular formula is C69H124N22O19. The van der Waals surface area contributed by atoms with Gasteiger partial charge in [-0.25, -0.2) is 0 Å². The minimum absolute atomic E-state index is 0.00528. The minimum atomic E-state index is -1.86. The lowest BCUT2D eigenvalue weighted by Crippen LogP contribution is -2.61. The molecule has 110 heavy (non-hydrogen) atoms. The standard InChI is InChI=1S/C69H124N22O19/c1-17-35(10)52(66(109)82-42(54(71)97)22-23-50(70)94)90-60(103)44(21-19-25-77-69(74)75)83-59(102)43(20-18-24-76-68(72)73)84-63(106)46(27-32(4)5)85-56(99)38(13)79-55(98)37(12)80-61(104)45(26-31(2)3)87-64(107)47(28-33(6)7)86-57(100)39(14)81-62(105)49(30-51(95)96)88-65(108)48(29-34(8)9)89-67(110)53(40(15)92)91-58(101)36(11)78-41(16)93/h31-40,42-49,52-53,92H,17-30H2,1-16H3,(H2,70,94)(H2,71,97)(H,78,93)(H,79,98)(H,80,104)(H,81,105)(H,82,109)(H,83,102)(H,84,106)(H,85,99)(H,86,100)(H,87,107)(H,88,108)(H,89,110)(H,90,103)(H,91,101)(H,95,96)(H4,72,73,76)(H4,74,75,77). The van der Waals surface area contributed by atoms with E-state index in [1.54, 1.807) is 69.2 Å². The van der Waals surface area contributed by atoms with E-state index >= 15 is 0 Å². The Kier molecular flexibility index (Phi) is 45.4. The van der Waals surface area contributed by atoms with E-state index in [1.807, 2.05) is 0 Å². The van der Waals surface area contributed by atoms with Crippen LogP contribution in [0.5, 0.6) is 0 Å². The van der Waals surface area contributed by atoms with Crippen molar-refractivity contribution in [1.29, 1.82) is 0 Å². The first-order valence-electron chi connectivity index (χ1n) is 36.8. The zero-order valence-corrected chi connectivity index (χ0v) is 66.1.